The van der Waals surface area contributed by atoms with Crippen LogP contribution in [0.5, 0.6) is 0 Å². The van der Waals surface area contributed by atoms with E-state index in [9.17, 15) is 9.90 Å². The van der Waals surface area contributed by atoms with Crippen LogP contribution in [0.1, 0.15) is 6.92 Å². The molecule has 2 aromatic heterocycles. The van der Waals surface area contributed by atoms with E-state index in [1.807, 2.05) is 0 Å². The first-order valence-corrected chi connectivity index (χ1v) is 6.52. The number of hydrogen-bond donors (Lipinski definition) is 2. The van der Waals surface area contributed by atoms with Gasteiger partial charge in [-0.1, -0.05) is 0 Å². The molecule has 8 nitrogen and oxygen atoms in total. The molecule has 1 saturated heterocycles. The third-order valence-electron chi connectivity index (χ3n) is 3.45. The second-order valence-corrected chi connectivity index (χ2v) is 4.79. The summed E-state index contributed by atoms with van der Waals surface area (Å²) in [7, 11) is 0. The van der Waals surface area contributed by atoms with Gasteiger partial charge >= 0.3 is 0 Å². The minimum Gasteiger partial charge on any atom is -0.384 e. The minimum atomic E-state index is -0.945. The maximum absolute atomic E-state index is 11.7. The summed E-state index contributed by atoms with van der Waals surface area (Å²) in [5.41, 5.74) is 1.44. The average Bonchev–Trinajstić information content (AvgIpc) is 2.95. The summed E-state index contributed by atoms with van der Waals surface area (Å²) in [4.78, 5) is 31.0. The van der Waals surface area contributed by atoms with Crippen molar-refractivity contribution in [1.82, 2.24) is 24.8 Å². The number of aromatic amines is 1. The molecule has 3 heterocycles. The molecule has 20 heavy (non-hydrogen) atoms. The van der Waals surface area contributed by atoms with Crippen molar-refractivity contribution >= 4 is 22.9 Å². The van der Waals surface area contributed by atoms with E-state index >= 15 is 0 Å². The van der Waals surface area contributed by atoms with Gasteiger partial charge in [0, 0.05) is 26.2 Å². The lowest BCUT2D eigenvalue weighted by Gasteiger charge is -2.35. The molecule has 0 aliphatic carbocycles. The molecule has 1 unspecified atom stereocenters. The average molecular weight is 276 g/mol. The van der Waals surface area contributed by atoms with E-state index in [0.717, 1.165) is 11.3 Å². The van der Waals surface area contributed by atoms with Gasteiger partial charge in [0.1, 0.15) is 17.9 Å². The van der Waals surface area contributed by atoms with Gasteiger partial charge in [0.2, 0.25) is 0 Å². The van der Waals surface area contributed by atoms with E-state index in [1.165, 1.54) is 13.3 Å². The lowest BCUT2D eigenvalue weighted by Crippen LogP contribution is -2.51. The highest BCUT2D eigenvalue weighted by atomic mass is 16.3. The smallest absolute Gasteiger partial charge is 0.251 e. The number of carbonyl (C=O) groups is 1. The number of carbonyl (C=O) groups excluding carboxylic acids is 1. The molecule has 8 heteroatoms. The fraction of sp³-hybridized carbons (Fsp3) is 0.500. The van der Waals surface area contributed by atoms with E-state index in [4.69, 9.17) is 0 Å². The summed E-state index contributed by atoms with van der Waals surface area (Å²) in [5.74, 6) is 0.579. The zero-order chi connectivity index (χ0) is 14.1. The standard InChI is InChI=1S/C12H16N6O2/c1-8(19)12(20)18-4-2-17(3-5-18)11-9-10(14-6-13-9)15-7-16-11/h6-8,19H,2-5H2,1H3,(H,13,14,15,16). The number of aromatic nitrogens is 4. The molecule has 1 atom stereocenters. The fourth-order valence-electron chi connectivity index (χ4n) is 2.39. The van der Waals surface area contributed by atoms with Gasteiger partial charge in [-0.05, 0) is 6.92 Å². The van der Waals surface area contributed by atoms with Crippen LogP contribution in [0.2, 0.25) is 0 Å². The number of aliphatic hydroxyl groups excluding tert-OH is 1. The number of nitrogens with zero attached hydrogens (tertiary/aromatic N) is 5. The van der Waals surface area contributed by atoms with Crippen molar-refractivity contribution < 1.29 is 9.90 Å². The first-order chi connectivity index (χ1) is 9.66. The van der Waals surface area contributed by atoms with Crippen molar-refractivity contribution in [3.05, 3.63) is 12.7 Å². The molecule has 0 spiro atoms. The summed E-state index contributed by atoms with van der Waals surface area (Å²) >= 11 is 0. The highest BCUT2D eigenvalue weighted by Gasteiger charge is 2.25. The molecule has 106 valence electrons. The quantitative estimate of drug-likeness (QED) is 0.758. The molecule has 1 aliphatic heterocycles. The lowest BCUT2D eigenvalue weighted by atomic mass is 10.2. The molecule has 0 aromatic carbocycles. The van der Waals surface area contributed by atoms with E-state index in [1.54, 1.807) is 11.2 Å². The van der Waals surface area contributed by atoms with Crippen LogP contribution in [0.4, 0.5) is 5.82 Å². The highest BCUT2D eigenvalue weighted by Crippen LogP contribution is 2.20. The Labute approximate surface area is 115 Å². The summed E-state index contributed by atoms with van der Waals surface area (Å²) in [6, 6.07) is 0. The third-order valence-corrected chi connectivity index (χ3v) is 3.45. The van der Waals surface area contributed by atoms with E-state index in [-0.39, 0.29) is 5.91 Å². The lowest BCUT2D eigenvalue weighted by molar-refractivity contribution is -0.139. The Morgan fingerprint density at radius 1 is 1.30 bits per heavy atom. The Bertz CT molecular complexity index is 617. The van der Waals surface area contributed by atoms with Crippen molar-refractivity contribution in [3.63, 3.8) is 0 Å². The molecule has 1 amide bonds. The van der Waals surface area contributed by atoms with Crippen LogP contribution in [-0.2, 0) is 4.79 Å². The Balaban J connectivity index is 1.75. The number of anilines is 1. The highest BCUT2D eigenvalue weighted by molar-refractivity contribution is 5.83. The van der Waals surface area contributed by atoms with E-state index in [0.29, 0.717) is 31.8 Å². The minimum absolute atomic E-state index is 0.223. The first kappa shape index (κ1) is 12.8. The predicted octanol–water partition coefficient (Wildman–Crippen LogP) is -0.618. The Morgan fingerprint density at radius 2 is 2.05 bits per heavy atom. The number of piperazine rings is 1. The van der Waals surface area contributed by atoms with Crippen molar-refractivity contribution in [2.24, 2.45) is 0 Å². The molecule has 0 saturated carbocycles. The van der Waals surface area contributed by atoms with Crippen molar-refractivity contribution in [2.75, 3.05) is 31.1 Å². The number of amides is 1. The van der Waals surface area contributed by atoms with Crippen molar-refractivity contribution in [1.29, 1.82) is 0 Å². The molecule has 1 fully saturated rings. The summed E-state index contributed by atoms with van der Waals surface area (Å²) in [5, 5.41) is 9.33. The van der Waals surface area contributed by atoms with Gasteiger partial charge in [-0.3, -0.25) is 4.79 Å². The maximum Gasteiger partial charge on any atom is 0.251 e. The molecule has 2 aromatic rings. The maximum atomic E-state index is 11.7. The SMILES string of the molecule is CC(O)C(=O)N1CCN(c2ncnc3nc[nH]c23)CC1. The number of H-pyrrole nitrogens is 1. The van der Waals surface area contributed by atoms with E-state index < -0.39 is 6.10 Å². The molecular weight excluding hydrogens is 260 g/mol. The molecule has 0 radical (unpaired) electrons. The van der Waals surface area contributed by atoms with Crippen LogP contribution in [0, 0.1) is 0 Å². The zero-order valence-corrected chi connectivity index (χ0v) is 11.2. The van der Waals surface area contributed by atoms with Gasteiger partial charge < -0.3 is 19.9 Å². The van der Waals surface area contributed by atoms with Crippen molar-refractivity contribution in [3.8, 4) is 0 Å². The second-order valence-electron chi connectivity index (χ2n) is 4.79. The normalized spacial score (nSPS) is 17.5. The van der Waals surface area contributed by atoms with Gasteiger partial charge in [0.15, 0.2) is 11.5 Å². The predicted molar refractivity (Wildman–Crippen MR) is 72.2 cm³/mol. The van der Waals surface area contributed by atoms with Crippen LogP contribution in [0.15, 0.2) is 12.7 Å². The van der Waals surface area contributed by atoms with Crippen molar-refractivity contribution in [2.45, 2.75) is 13.0 Å². The zero-order valence-electron chi connectivity index (χ0n) is 11.2. The monoisotopic (exact) mass is 276 g/mol. The second kappa shape index (κ2) is 5.04. The van der Waals surface area contributed by atoms with Gasteiger partial charge in [-0.15, -0.1) is 0 Å². The van der Waals surface area contributed by atoms with Gasteiger partial charge in [0.25, 0.3) is 5.91 Å². The summed E-state index contributed by atoms with van der Waals surface area (Å²) in [6.07, 6.45) is 2.14. The van der Waals surface area contributed by atoms with E-state index in [2.05, 4.69) is 24.8 Å². The molecule has 2 N–H and O–H groups in total. The summed E-state index contributed by atoms with van der Waals surface area (Å²) < 4.78 is 0. The first-order valence-electron chi connectivity index (χ1n) is 6.52. The Kier molecular flexibility index (Phi) is 3.23. The van der Waals surface area contributed by atoms with Crippen LogP contribution in [0.25, 0.3) is 11.2 Å². The van der Waals surface area contributed by atoms with Gasteiger partial charge in [0.05, 0.1) is 6.33 Å². The number of fused-ring (bicyclic) bond motifs is 1. The fourth-order valence-corrected chi connectivity index (χ4v) is 2.39. The van der Waals surface area contributed by atoms with Crippen LogP contribution in [0.3, 0.4) is 0 Å². The molecule has 1 aliphatic rings. The van der Waals surface area contributed by atoms with Crippen LogP contribution < -0.4 is 4.90 Å². The summed E-state index contributed by atoms with van der Waals surface area (Å²) in [6.45, 7) is 3.98. The largest absolute Gasteiger partial charge is 0.384 e. The number of aliphatic hydroxyl groups is 1. The Hall–Kier alpha value is -2.22. The molecule has 0 bridgehead atoms. The number of imidazole rings is 1. The topological polar surface area (TPSA) is 98.2 Å². The van der Waals surface area contributed by atoms with Gasteiger partial charge in [-0.25, -0.2) is 15.0 Å². The molecule has 3 rings (SSSR count). The molecular formula is C12H16N6O2. The number of nitrogens with one attached hydrogen (secondary N) is 1. The number of rotatable bonds is 2. The Morgan fingerprint density at radius 3 is 2.75 bits per heavy atom. The number of hydrogen-bond acceptors (Lipinski definition) is 6. The van der Waals surface area contributed by atoms with Crippen LogP contribution in [-0.4, -0.2) is 68.1 Å². The van der Waals surface area contributed by atoms with Gasteiger partial charge in [-0.2, -0.15) is 0 Å². The van der Waals surface area contributed by atoms with Crippen LogP contribution >= 0.6 is 0 Å². The third kappa shape index (κ3) is 2.18.